The number of sulfonamides is 1. The maximum absolute atomic E-state index is 12.2. The normalized spacial score (nSPS) is 20.2. The average molecular weight is 340 g/mol. The number of β-amino-alcohol motifs (C(OH)–C–C–N with tert-alkyl or cyclic N) is 1. The van der Waals surface area contributed by atoms with Gasteiger partial charge in [0, 0.05) is 13.1 Å². The van der Waals surface area contributed by atoms with Gasteiger partial charge < -0.3 is 5.11 Å². The molecule has 0 unspecified atom stereocenters. The maximum atomic E-state index is 12.2. The van der Waals surface area contributed by atoms with Crippen LogP contribution in [-0.2, 0) is 10.0 Å². The van der Waals surface area contributed by atoms with Crippen LogP contribution in [-0.4, -0.2) is 36.5 Å². The molecule has 0 atom stereocenters. The molecule has 0 spiro atoms. The second kappa shape index (κ2) is 4.31. The summed E-state index contributed by atoms with van der Waals surface area (Å²) in [6, 6.07) is 1.66. The smallest absolute Gasteiger partial charge is 0.252 e. The van der Waals surface area contributed by atoms with E-state index in [9.17, 15) is 13.5 Å². The lowest BCUT2D eigenvalue weighted by molar-refractivity contribution is -0.0612. The van der Waals surface area contributed by atoms with Crippen molar-refractivity contribution in [2.24, 2.45) is 0 Å². The number of thiophene rings is 1. The Morgan fingerprint density at radius 2 is 2.18 bits per heavy atom. The highest BCUT2D eigenvalue weighted by Gasteiger charge is 2.46. The van der Waals surface area contributed by atoms with Crippen LogP contribution in [0.2, 0.25) is 0 Å². The van der Waals surface area contributed by atoms with Crippen molar-refractivity contribution in [3.8, 4) is 0 Å². The topological polar surface area (TPSA) is 57.6 Å². The van der Waals surface area contributed by atoms with Crippen molar-refractivity contribution in [2.45, 2.75) is 30.1 Å². The van der Waals surface area contributed by atoms with Gasteiger partial charge in [-0.3, -0.25) is 0 Å². The van der Waals surface area contributed by atoms with Crippen LogP contribution in [0.5, 0.6) is 0 Å². The largest absolute Gasteiger partial charge is 0.387 e. The SMILES string of the molecule is CCC1(O)CN(S(=O)(=O)c2cc(C)c(Br)s2)C1. The van der Waals surface area contributed by atoms with E-state index >= 15 is 0 Å². The lowest BCUT2D eigenvalue weighted by Crippen LogP contribution is -2.62. The molecule has 0 bridgehead atoms. The third-order valence-electron chi connectivity index (χ3n) is 3.03. The van der Waals surface area contributed by atoms with Crippen molar-refractivity contribution >= 4 is 37.3 Å². The molecule has 1 fully saturated rings. The molecule has 0 aromatic carbocycles. The molecule has 0 aliphatic carbocycles. The van der Waals surface area contributed by atoms with Crippen LogP contribution >= 0.6 is 27.3 Å². The first kappa shape index (κ1) is 13.5. The zero-order chi connectivity index (χ0) is 12.8. The van der Waals surface area contributed by atoms with E-state index in [2.05, 4.69) is 15.9 Å². The third kappa shape index (κ3) is 2.31. The van der Waals surface area contributed by atoms with Crippen molar-refractivity contribution in [3.63, 3.8) is 0 Å². The first-order chi connectivity index (χ1) is 7.78. The van der Waals surface area contributed by atoms with Gasteiger partial charge >= 0.3 is 0 Å². The van der Waals surface area contributed by atoms with E-state index in [-0.39, 0.29) is 13.1 Å². The van der Waals surface area contributed by atoms with Crippen LogP contribution in [0.15, 0.2) is 14.1 Å². The van der Waals surface area contributed by atoms with Crippen LogP contribution in [0.25, 0.3) is 0 Å². The van der Waals surface area contributed by atoms with E-state index in [1.165, 1.54) is 15.6 Å². The lowest BCUT2D eigenvalue weighted by atomic mass is 9.94. The molecular weight excluding hydrogens is 326 g/mol. The van der Waals surface area contributed by atoms with Gasteiger partial charge in [-0.2, -0.15) is 4.31 Å². The summed E-state index contributed by atoms with van der Waals surface area (Å²) in [5.41, 5.74) is 0.0798. The van der Waals surface area contributed by atoms with Gasteiger partial charge in [0.2, 0.25) is 0 Å². The molecule has 1 aliphatic heterocycles. The highest BCUT2D eigenvalue weighted by molar-refractivity contribution is 9.11. The summed E-state index contributed by atoms with van der Waals surface area (Å²) in [6.45, 7) is 4.11. The van der Waals surface area contributed by atoms with E-state index < -0.39 is 15.6 Å². The zero-order valence-electron chi connectivity index (χ0n) is 9.60. The summed E-state index contributed by atoms with van der Waals surface area (Å²) in [5, 5.41) is 9.85. The Balaban J connectivity index is 2.22. The number of nitrogens with zero attached hydrogens (tertiary/aromatic N) is 1. The van der Waals surface area contributed by atoms with Gasteiger partial charge in [-0.05, 0) is 40.9 Å². The number of aliphatic hydroxyl groups is 1. The monoisotopic (exact) mass is 339 g/mol. The molecule has 0 radical (unpaired) electrons. The Bertz CT molecular complexity index is 512. The second-order valence-corrected chi connectivity index (χ2v) is 8.91. The molecule has 0 saturated carbocycles. The Labute approximate surface area is 113 Å². The molecule has 1 aromatic rings. The highest BCUT2D eigenvalue weighted by Crippen LogP contribution is 2.36. The van der Waals surface area contributed by atoms with Gasteiger partial charge in [0.25, 0.3) is 10.0 Å². The Morgan fingerprint density at radius 1 is 1.59 bits per heavy atom. The predicted octanol–water partition coefficient (Wildman–Crippen LogP) is 1.96. The van der Waals surface area contributed by atoms with Crippen LogP contribution in [0, 0.1) is 6.92 Å². The molecule has 1 saturated heterocycles. The Hall–Kier alpha value is 0.0500. The quantitative estimate of drug-likeness (QED) is 0.915. The van der Waals surface area contributed by atoms with Gasteiger partial charge in [-0.1, -0.05) is 6.92 Å². The van der Waals surface area contributed by atoms with Crippen LogP contribution in [0.3, 0.4) is 0 Å². The second-order valence-electron chi connectivity index (χ2n) is 4.37. The molecule has 2 rings (SSSR count). The van der Waals surface area contributed by atoms with Gasteiger partial charge in [0.1, 0.15) is 4.21 Å². The molecule has 2 heterocycles. The molecule has 7 heteroatoms. The number of aryl methyl sites for hydroxylation is 1. The van der Waals surface area contributed by atoms with Crippen LogP contribution < -0.4 is 0 Å². The standard InChI is InChI=1S/C10H14BrNO3S2/c1-3-10(13)5-12(6-10)17(14,15)8-4-7(2)9(11)16-8/h4,13H,3,5-6H2,1-2H3. The molecule has 1 aliphatic rings. The molecule has 1 aromatic heterocycles. The van der Waals surface area contributed by atoms with Gasteiger partial charge in [-0.25, -0.2) is 8.42 Å². The molecule has 1 N–H and O–H groups in total. The van der Waals surface area contributed by atoms with Crippen molar-refractivity contribution in [2.75, 3.05) is 13.1 Å². The summed E-state index contributed by atoms with van der Waals surface area (Å²) in [5.74, 6) is 0. The average Bonchev–Trinajstić information content (AvgIpc) is 2.55. The van der Waals surface area contributed by atoms with Crippen LogP contribution in [0.4, 0.5) is 0 Å². The number of rotatable bonds is 3. The summed E-state index contributed by atoms with van der Waals surface area (Å²) in [4.78, 5) is 0. The molecule has 96 valence electrons. The fourth-order valence-corrected chi connectivity index (χ4v) is 5.67. The zero-order valence-corrected chi connectivity index (χ0v) is 12.8. The molecule has 4 nitrogen and oxygen atoms in total. The van der Waals surface area contributed by atoms with Crippen LogP contribution in [0.1, 0.15) is 18.9 Å². The van der Waals surface area contributed by atoms with E-state index in [1.807, 2.05) is 13.8 Å². The van der Waals surface area contributed by atoms with E-state index in [1.54, 1.807) is 6.07 Å². The number of hydrogen-bond acceptors (Lipinski definition) is 4. The molecule has 0 amide bonds. The minimum atomic E-state index is -3.42. The lowest BCUT2D eigenvalue weighted by Gasteiger charge is -2.44. The summed E-state index contributed by atoms with van der Waals surface area (Å²) in [7, 11) is -3.42. The molecular formula is C10H14BrNO3S2. The summed E-state index contributed by atoms with van der Waals surface area (Å²) < 4.78 is 26.9. The minimum Gasteiger partial charge on any atom is -0.387 e. The third-order valence-corrected chi connectivity index (χ3v) is 7.41. The number of hydrogen-bond donors (Lipinski definition) is 1. The van der Waals surface area contributed by atoms with E-state index in [0.717, 1.165) is 9.35 Å². The first-order valence-electron chi connectivity index (χ1n) is 5.27. The Kier molecular flexibility index (Phi) is 3.42. The van der Waals surface area contributed by atoms with Crippen molar-refractivity contribution < 1.29 is 13.5 Å². The highest BCUT2D eigenvalue weighted by atomic mass is 79.9. The van der Waals surface area contributed by atoms with Gasteiger partial charge in [0.05, 0.1) is 9.39 Å². The van der Waals surface area contributed by atoms with Gasteiger partial charge in [0.15, 0.2) is 0 Å². The summed E-state index contributed by atoms with van der Waals surface area (Å²) in [6.07, 6.45) is 0.576. The number of halogens is 1. The first-order valence-corrected chi connectivity index (χ1v) is 8.32. The van der Waals surface area contributed by atoms with Gasteiger partial charge in [-0.15, -0.1) is 11.3 Å². The van der Waals surface area contributed by atoms with Crippen molar-refractivity contribution in [1.29, 1.82) is 0 Å². The summed E-state index contributed by atoms with van der Waals surface area (Å²) >= 11 is 4.53. The maximum Gasteiger partial charge on any atom is 0.252 e. The van der Waals surface area contributed by atoms with E-state index in [4.69, 9.17) is 0 Å². The fourth-order valence-electron chi connectivity index (χ4n) is 1.69. The molecule has 17 heavy (non-hydrogen) atoms. The van der Waals surface area contributed by atoms with E-state index in [0.29, 0.717) is 10.6 Å². The fraction of sp³-hybridized carbons (Fsp3) is 0.600. The predicted molar refractivity (Wildman–Crippen MR) is 70.8 cm³/mol. The Morgan fingerprint density at radius 3 is 2.59 bits per heavy atom. The minimum absolute atomic E-state index is 0.195. The van der Waals surface area contributed by atoms with Crippen molar-refractivity contribution in [1.82, 2.24) is 4.31 Å². The van der Waals surface area contributed by atoms with Crippen molar-refractivity contribution in [3.05, 3.63) is 15.4 Å².